The summed E-state index contributed by atoms with van der Waals surface area (Å²) in [5.41, 5.74) is 1.58. The predicted molar refractivity (Wildman–Crippen MR) is 68.5 cm³/mol. The summed E-state index contributed by atoms with van der Waals surface area (Å²) in [4.78, 5) is 22.2. The largest absolute Gasteiger partial charge is 0.480 e. The van der Waals surface area contributed by atoms with Crippen molar-refractivity contribution in [3.8, 4) is 0 Å². The number of carbonyl (C=O) groups excluding carboxylic acids is 1. The molecule has 2 amide bonds. The van der Waals surface area contributed by atoms with Gasteiger partial charge >= 0.3 is 12.0 Å². The van der Waals surface area contributed by atoms with Crippen molar-refractivity contribution in [3.05, 3.63) is 29.8 Å². The van der Waals surface area contributed by atoms with Crippen LogP contribution in [0.25, 0.3) is 0 Å². The van der Waals surface area contributed by atoms with Gasteiger partial charge in [-0.25, -0.2) is 4.79 Å². The number of anilines is 1. The minimum absolute atomic E-state index is 0.534. The Bertz CT molecular complexity index is 434. The number of carboxylic acids is 1. The van der Waals surface area contributed by atoms with E-state index in [0.29, 0.717) is 12.2 Å². The van der Waals surface area contributed by atoms with Crippen molar-refractivity contribution < 1.29 is 14.7 Å². The van der Waals surface area contributed by atoms with Crippen LogP contribution in [0, 0.1) is 0 Å². The quantitative estimate of drug-likeness (QED) is 0.628. The van der Waals surface area contributed by atoms with Gasteiger partial charge in [0, 0.05) is 12.2 Å². The molecule has 98 valence electrons. The maximum atomic E-state index is 11.6. The number of rotatable bonds is 5. The van der Waals surface area contributed by atoms with Crippen LogP contribution in [0.2, 0.25) is 0 Å². The predicted octanol–water partition coefficient (Wildman–Crippen LogP) is 1.00. The monoisotopic (exact) mass is 251 g/mol. The molecule has 0 spiro atoms. The molecule has 18 heavy (non-hydrogen) atoms. The summed E-state index contributed by atoms with van der Waals surface area (Å²) in [6.07, 6.45) is 0. The van der Waals surface area contributed by atoms with Crippen LogP contribution in [0.5, 0.6) is 0 Å². The minimum atomic E-state index is -1.08. The van der Waals surface area contributed by atoms with Crippen LogP contribution in [0.3, 0.4) is 0 Å². The van der Waals surface area contributed by atoms with E-state index in [1.807, 2.05) is 19.2 Å². The molecule has 1 atom stereocenters. The van der Waals surface area contributed by atoms with Crippen LogP contribution in [0.15, 0.2) is 24.3 Å². The van der Waals surface area contributed by atoms with E-state index in [0.717, 1.165) is 5.56 Å². The van der Waals surface area contributed by atoms with Gasteiger partial charge in [0.1, 0.15) is 6.04 Å². The number of urea groups is 1. The lowest BCUT2D eigenvalue weighted by molar-refractivity contribution is -0.138. The summed E-state index contributed by atoms with van der Waals surface area (Å²) in [6.45, 7) is 2.02. The molecular weight excluding hydrogens is 234 g/mol. The number of hydrogen-bond donors (Lipinski definition) is 4. The molecule has 4 N–H and O–H groups in total. The van der Waals surface area contributed by atoms with E-state index in [4.69, 9.17) is 5.11 Å². The second-order valence-corrected chi connectivity index (χ2v) is 3.85. The van der Waals surface area contributed by atoms with Gasteiger partial charge in [-0.2, -0.15) is 0 Å². The number of benzene rings is 1. The van der Waals surface area contributed by atoms with Gasteiger partial charge in [0.05, 0.1) is 0 Å². The van der Waals surface area contributed by atoms with Gasteiger partial charge in [-0.3, -0.25) is 4.79 Å². The molecule has 0 bridgehead atoms. The molecule has 0 aliphatic carbocycles. The van der Waals surface area contributed by atoms with Crippen molar-refractivity contribution in [1.82, 2.24) is 10.6 Å². The van der Waals surface area contributed by atoms with E-state index in [1.165, 1.54) is 6.92 Å². The lowest BCUT2D eigenvalue weighted by atomic mass is 10.2. The number of para-hydroxylation sites is 1. The van der Waals surface area contributed by atoms with E-state index in [2.05, 4.69) is 16.0 Å². The third kappa shape index (κ3) is 4.06. The van der Waals surface area contributed by atoms with Crippen LogP contribution < -0.4 is 16.0 Å². The Morgan fingerprint density at radius 3 is 2.61 bits per heavy atom. The minimum Gasteiger partial charge on any atom is -0.480 e. The number of amides is 2. The maximum absolute atomic E-state index is 11.6. The number of nitrogens with one attached hydrogen (secondary N) is 3. The number of carboxylic acid groups (broad SMARTS) is 1. The molecule has 1 aromatic rings. The Kier molecular flexibility index (Phi) is 5.13. The van der Waals surface area contributed by atoms with Gasteiger partial charge in [0.15, 0.2) is 0 Å². The first kappa shape index (κ1) is 14.0. The molecule has 0 saturated carbocycles. The van der Waals surface area contributed by atoms with Crippen molar-refractivity contribution in [3.63, 3.8) is 0 Å². The maximum Gasteiger partial charge on any atom is 0.325 e. The van der Waals surface area contributed by atoms with Crippen LogP contribution in [-0.4, -0.2) is 30.2 Å². The highest BCUT2D eigenvalue weighted by Crippen LogP contribution is 2.14. The second-order valence-electron chi connectivity index (χ2n) is 3.85. The van der Waals surface area contributed by atoms with Gasteiger partial charge in [-0.1, -0.05) is 18.2 Å². The molecular formula is C12H17N3O3. The zero-order valence-corrected chi connectivity index (χ0v) is 10.4. The van der Waals surface area contributed by atoms with Crippen molar-refractivity contribution >= 4 is 17.7 Å². The lowest BCUT2D eigenvalue weighted by Gasteiger charge is -2.13. The Morgan fingerprint density at radius 1 is 1.33 bits per heavy atom. The Labute approximate surface area is 105 Å². The normalized spacial score (nSPS) is 11.7. The van der Waals surface area contributed by atoms with Crippen LogP contribution in [0.4, 0.5) is 10.5 Å². The van der Waals surface area contributed by atoms with E-state index in [9.17, 15) is 9.59 Å². The highest BCUT2D eigenvalue weighted by molar-refractivity contribution is 5.92. The molecule has 1 unspecified atom stereocenters. The van der Waals surface area contributed by atoms with Crippen molar-refractivity contribution in [1.29, 1.82) is 0 Å². The van der Waals surface area contributed by atoms with Crippen molar-refractivity contribution in [2.24, 2.45) is 0 Å². The first-order valence-corrected chi connectivity index (χ1v) is 5.57. The molecule has 0 aliphatic rings. The van der Waals surface area contributed by atoms with Gasteiger partial charge in [-0.15, -0.1) is 0 Å². The van der Waals surface area contributed by atoms with Crippen molar-refractivity contribution in [2.45, 2.75) is 19.5 Å². The molecule has 6 nitrogen and oxygen atoms in total. The summed E-state index contributed by atoms with van der Waals surface area (Å²) < 4.78 is 0. The molecule has 0 heterocycles. The molecule has 0 aliphatic heterocycles. The highest BCUT2D eigenvalue weighted by Gasteiger charge is 2.14. The van der Waals surface area contributed by atoms with E-state index >= 15 is 0 Å². The van der Waals surface area contributed by atoms with Crippen LogP contribution in [-0.2, 0) is 11.3 Å². The summed E-state index contributed by atoms with van der Waals surface area (Å²) >= 11 is 0. The fourth-order valence-corrected chi connectivity index (χ4v) is 1.40. The fourth-order valence-electron chi connectivity index (χ4n) is 1.40. The highest BCUT2D eigenvalue weighted by atomic mass is 16.4. The molecule has 0 fully saturated rings. The molecule has 6 heteroatoms. The first-order chi connectivity index (χ1) is 8.54. The zero-order chi connectivity index (χ0) is 13.5. The number of hydrogen-bond acceptors (Lipinski definition) is 3. The number of aliphatic carboxylic acids is 1. The van der Waals surface area contributed by atoms with Gasteiger partial charge in [0.2, 0.25) is 0 Å². The molecule has 0 saturated heterocycles. The zero-order valence-electron chi connectivity index (χ0n) is 10.4. The summed E-state index contributed by atoms with van der Waals surface area (Å²) in [6, 6.07) is 5.85. The SMILES string of the molecule is CNCc1ccccc1NC(=O)NC(C)C(=O)O. The Morgan fingerprint density at radius 2 is 2.00 bits per heavy atom. The first-order valence-electron chi connectivity index (χ1n) is 5.57. The summed E-state index contributed by atoms with van der Waals surface area (Å²) in [5, 5.41) is 16.6. The van der Waals surface area contributed by atoms with Crippen LogP contribution in [0.1, 0.15) is 12.5 Å². The summed E-state index contributed by atoms with van der Waals surface area (Å²) in [7, 11) is 1.81. The average Bonchev–Trinajstić information content (AvgIpc) is 2.31. The third-order valence-corrected chi connectivity index (χ3v) is 2.35. The van der Waals surface area contributed by atoms with E-state index in [1.54, 1.807) is 12.1 Å². The van der Waals surface area contributed by atoms with E-state index in [-0.39, 0.29) is 0 Å². The lowest BCUT2D eigenvalue weighted by Crippen LogP contribution is -2.41. The standard InChI is InChI=1S/C12H17N3O3/c1-8(11(16)17)14-12(18)15-10-6-4-3-5-9(10)7-13-2/h3-6,8,13H,7H2,1-2H3,(H,16,17)(H2,14,15,18). The topological polar surface area (TPSA) is 90.5 Å². The molecule has 1 aromatic carbocycles. The molecule has 1 rings (SSSR count). The molecule has 0 aromatic heterocycles. The third-order valence-electron chi connectivity index (χ3n) is 2.35. The van der Waals surface area contributed by atoms with Gasteiger partial charge < -0.3 is 21.1 Å². The molecule has 0 radical (unpaired) electrons. The fraction of sp³-hybridized carbons (Fsp3) is 0.333. The van der Waals surface area contributed by atoms with Crippen molar-refractivity contribution in [2.75, 3.05) is 12.4 Å². The second kappa shape index (κ2) is 6.61. The van der Waals surface area contributed by atoms with E-state index < -0.39 is 18.0 Å². The number of carbonyl (C=O) groups is 2. The smallest absolute Gasteiger partial charge is 0.325 e. The Hall–Kier alpha value is -2.08. The van der Waals surface area contributed by atoms with Gasteiger partial charge in [-0.05, 0) is 25.6 Å². The van der Waals surface area contributed by atoms with Gasteiger partial charge in [0.25, 0.3) is 0 Å². The average molecular weight is 251 g/mol. The van der Waals surface area contributed by atoms with Crippen LogP contribution >= 0.6 is 0 Å². The Balaban J connectivity index is 2.66. The summed E-state index contributed by atoms with van der Waals surface area (Å²) in [5.74, 6) is -1.08.